The predicted molar refractivity (Wildman–Crippen MR) is 106 cm³/mol. The van der Waals surface area contributed by atoms with E-state index in [9.17, 15) is 5.11 Å². The predicted octanol–water partition coefficient (Wildman–Crippen LogP) is 4.15. The molecule has 0 aliphatic heterocycles. The molecule has 6 heteroatoms. The van der Waals surface area contributed by atoms with Crippen LogP contribution in [-0.2, 0) is 6.61 Å². The number of nitrogens with zero attached hydrogens (tertiary/aromatic N) is 4. The lowest BCUT2D eigenvalue weighted by atomic mass is 9.99. The first-order valence-corrected chi connectivity index (χ1v) is 8.93. The summed E-state index contributed by atoms with van der Waals surface area (Å²) in [6, 6.07) is 18.1. The molecule has 6 nitrogen and oxygen atoms in total. The molecule has 0 saturated carbocycles. The van der Waals surface area contributed by atoms with E-state index in [1.807, 2.05) is 28.8 Å². The lowest BCUT2D eigenvalue weighted by Gasteiger charge is -2.09. The molecule has 0 fully saturated rings. The summed E-state index contributed by atoms with van der Waals surface area (Å²) >= 11 is 0. The molecule has 0 saturated heterocycles. The van der Waals surface area contributed by atoms with Crippen molar-refractivity contribution in [2.24, 2.45) is 0 Å². The van der Waals surface area contributed by atoms with Gasteiger partial charge in [-0.25, -0.2) is 4.52 Å². The number of hydrogen-bond donors (Lipinski definition) is 2. The standard InChI is InChI=1S/C21H21N5O/c1-14(2)15-5-3-6-16(11-15)19-7-4-8-20-24-21(25-26(19)20)23-17-9-10-22-18(12-17)13-27/h3-12,14,27H,13H2,1-2H3,(H,22,23,25). The molecule has 4 aromatic rings. The first-order valence-electron chi connectivity index (χ1n) is 8.93. The molecule has 0 amide bonds. The highest BCUT2D eigenvalue weighted by Crippen LogP contribution is 2.25. The van der Waals surface area contributed by atoms with E-state index in [4.69, 9.17) is 0 Å². The molecule has 0 aliphatic carbocycles. The zero-order valence-corrected chi connectivity index (χ0v) is 15.3. The van der Waals surface area contributed by atoms with Crippen LogP contribution in [0.2, 0.25) is 0 Å². The number of anilines is 2. The van der Waals surface area contributed by atoms with E-state index < -0.39 is 0 Å². The van der Waals surface area contributed by atoms with Crippen LogP contribution in [0.4, 0.5) is 11.6 Å². The number of nitrogens with one attached hydrogen (secondary N) is 1. The van der Waals surface area contributed by atoms with Crippen LogP contribution in [0.15, 0.2) is 60.8 Å². The second-order valence-corrected chi connectivity index (χ2v) is 6.72. The Hall–Kier alpha value is -3.25. The molecule has 2 N–H and O–H groups in total. The summed E-state index contributed by atoms with van der Waals surface area (Å²) < 4.78 is 1.84. The van der Waals surface area contributed by atoms with Crippen molar-refractivity contribution < 1.29 is 5.11 Å². The Labute approximate surface area is 157 Å². The monoisotopic (exact) mass is 359 g/mol. The molecule has 3 aromatic heterocycles. The van der Waals surface area contributed by atoms with Crippen LogP contribution in [0.3, 0.4) is 0 Å². The Kier molecular flexibility index (Phi) is 4.56. The maximum absolute atomic E-state index is 9.24. The maximum Gasteiger partial charge on any atom is 0.247 e. The summed E-state index contributed by atoms with van der Waals surface area (Å²) in [5.74, 6) is 0.960. The highest BCUT2D eigenvalue weighted by molar-refractivity contribution is 5.65. The highest BCUT2D eigenvalue weighted by atomic mass is 16.3. The van der Waals surface area contributed by atoms with E-state index in [0.29, 0.717) is 17.6 Å². The Balaban J connectivity index is 1.73. The second-order valence-electron chi connectivity index (χ2n) is 6.72. The molecule has 27 heavy (non-hydrogen) atoms. The molecule has 3 heterocycles. The van der Waals surface area contributed by atoms with Crippen LogP contribution in [-0.4, -0.2) is 24.7 Å². The van der Waals surface area contributed by atoms with Crippen LogP contribution in [0, 0.1) is 0 Å². The van der Waals surface area contributed by atoms with Crippen molar-refractivity contribution in [1.82, 2.24) is 19.6 Å². The third-order valence-electron chi connectivity index (χ3n) is 4.44. The fourth-order valence-corrected chi connectivity index (χ4v) is 3.01. The summed E-state index contributed by atoms with van der Waals surface area (Å²) in [4.78, 5) is 8.65. The number of fused-ring (bicyclic) bond motifs is 1. The van der Waals surface area contributed by atoms with Crippen molar-refractivity contribution in [3.8, 4) is 11.3 Å². The van der Waals surface area contributed by atoms with Crippen LogP contribution < -0.4 is 5.32 Å². The molecule has 0 spiro atoms. The van der Waals surface area contributed by atoms with E-state index in [1.165, 1.54) is 5.56 Å². The van der Waals surface area contributed by atoms with Crippen LogP contribution in [0.25, 0.3) is 16.9 Å². The summed E-state index contributed by atoms with van der Waals surface area (Å²) in [5.41, 5.74) is 5.52. The average Bonchev–Trinajstić information content (AvgIpc) is 3.10. The van der Waals surface area contributed by atoms with E-state index in [2.05, 4.69) is 58.5 Å². The van der Waals surface area contributed by atoms with Gasteiger partial charge in [0.05, 0.1) is 18.0 Å². The first kappa shape index (κ1) is 17.2. The van der Waals surface area contributed by atoms with Gasteiger partial charge < -0.3 is 10.4 Å². The minimum Gasteiger partial charge on any atom is -0.390 e. The van der Waals surface area contributed by atoms with E-state index in [0.717, 1.165) is 22.6 Å². The normalized spacial score (nSPS) is 11.3. The first-order chi connectivity index (χ1) is 13.1. The van der Waals surface area contributed by atoms with Gasteiger partial charge in [0.1, 0.15) is 0 Å². The van der Waals surface area contributed by atoms with Crippen molar-refractivity contribution >= 4 is 17.3 Å². The molecule has 0 aliphatic rings. The Morgan fingerprint density at radius 1 is 1.07 bits per heavy atom. The molecule has 0 bridgehead atoms. The van der Waals surface area contributed by atoms with Gasteiger partial charge in [-0.05, 0) is 41.8 Å². The fourth-order valence-electron chi connectivity index (χ4n) is 3.01. The average molecular weight is 359 g/mol. The SMILES string of the molecule is CC(C)c1cccc(-c2cccc3nc(Nc4ccnc(CO)c4)nn23)c1. The van der Waals surface area contributed by atoms with Gasteiger partial charge >= 0.3 is 0 Å². The van der Waals surface area contributed by atoms with Crippen LogP contribution in [0.1, 0.15) is 31.0 Å². The lowest BCUT2D eigenvalue weighted by molar-refractivity contribution is 0.277. The van der Waals surface area contributed by atoms with Gasteiger partial charge in [0.15, 0.2) is 5.65 Å². The molecule has 1 aromatic carbocycles. The van der Waals surface area contributed by atoms with Gasteiger partial charge in [0, 0.05) is 17.4 Å². The largest absolute Gasteiger partial charge is 0.390 e. The highest BCUT2D eigenvalue weighted by Gasteiger charge is 2.10. The van der Waals surface area contributed by atoms with Crippen LogP contribution >= 0.6 is 0 Å². The topological polar surface area (TPSA) is 75.3 Å². The number of rotatable bonds is 5. The zero-order valence-electron chi connectivity index (χ0n) is 15.3. The molecular formula is C21H21N5O. The van der Waals surface area contributed by atoms with Crippen LogP contribution in [0.5, 0.6) is 0 Å². The van der Waals surface area contributed by atoms with Crippen molar-refractivity contribution in [1.29, 1.82) is 0 Å². The minimum atomic E-state index is -0.107. The van der Waals surface area contributed by atoms with Crippen molar-refractivity contribution in [3.63, 3.8) is 0 Å². The van der Waals surface area contributed by atoms with E-state index >= 15 is 0 Å². The quantitative estimate of drug-likeness (QED) is 0.560. The fraction of sp³-hybridized carbons (Fsp3) is 0.190. The summed E-state index contributed by atoms with van der Waals surface area (Å²) in [6.45, 7) is 4.27. The third-order valence-corrected chi connectivity index (χ3v) is 4.44. The number of aromatic nitrogens is 4. The number of aliphatic hydroxyl groups excluding tert-OH is 1. The van der Waals surface area contributed by atoms with Gasteiger partial charge in [0.2, 0.25) is 5.95 Å². The van der Waals surface area contributed by atoms with E-state index in [1.54, 1.807) is 12.3 Å². The smallest absolute Gasteiger partial charge is 0.247 e. The Bertz CT molecular complexity index is 1090. The lowest BCUT2D eigenvalue weighted by Crippen LogP contribution is -1.97. The molecule has 0 radical (unpaired) electrons. The minimum absolute atomic E-state index is 0.107. The summed E-state index contributed by atoms with van der Waals surface area (Å²) in [6.07, 6.45) is 1.65. The molecule has 136 valence electrons. The third kappa shape index (κ3) is 3.52. The summed E-state index contributed by atoms with van der Waals surface area (Å²) in [7, 11) is 0. The van der Waals surface area contributed by atoms with E-state index in [-0.39, 0.29) is 6.61 Å². The Morgan fingerprint density at radius 3 is 2.74 bits per heavy atom. The second kappa shape index (κ2) is 7.17. The molecule has 4 rings (SSSR count). The number of hydrogen-bond acceptors (Lipinski definition) is 5. The molecular weight excluding hydrogens is 338 g/mol. The van der Waals surface area contributed by atoms with Gasteiger partial charge in [-0.1, -0.05) is 38.1 Å². The maximum atomic E-state index is 9.24. The van der Waals surface area contributed by atoms with Crippen molar-refractivity contribution in [2.45, 2.75) is 26.4 Å². The molecule has 0 unspecified atom stereocenters. The number of aliphatic hydroxyl groups is 1. The van der Waals surface area contributed by atoms with Gasteiger partial charge in [0.25, 0.3) is 0 Å². The zero-order chi connectivity index (χ0) is 18.8. The number of pyridine rings is 2. The van der Waals surface area contributed by atoms with Gasteiger partial charge in [-0.3, -0.25) is 4.98 Å². The summed E-state index contributed by atoms with van der Waals surface area (Å²) in [5, 5.41) is 17.0. The Morgan fingerprint density at radius 2 is 1.93 bits per heavy atom. The van der Waals surface area contributed by atoms with Gasteiger partial charge in [-0.15, -0.1) is 5.10 Å². The van der Waals surface area contributed by atoms with Gasteiger partial charge in [-0.2, -0.15) is 4.98 Å². The van der Waals surface area contributed by atoms with Crippen molar-refractivity contribution in [3.05, 3.63) is 72.1 Å². The van der Waals surface area contributed by atoms with Crippen molar-refractivity contribution in [2.75, 3.05) is 5.32 Å². The number of benzene rings is 1. The molecule has 0 atom stereocenters.